The molecule has 0 unspecified atom stereocenters. The van der Waals surface area contributed by atoms with Crippen LogP contribution in [0.2, 0.25) is 0 Å². The number of rotatable bonds is 6. The summed E-state index contributed by atoms with van der Waals surface area (Å²) in [4.78, 5) is 14.1. The molecule has 2 N–H and O–H groups in total. The van der Waals surface area contributed by atoms with Crippen molar-refractivity contribution in [3.63, 3.8) is 0 Å². The highest BCUT2D eigenvalue weighted by Crippen LogP contribution is 2.24. The fraction of sp³-hybridized carbons (Fsp3) is 0.533. The van der Waals surface area contributed by atoms with Crippen molar-refractivity contribution >= 4 is 5.91 Å². The van der Waals surface area contributed by atoms with E-state index in [-0.39, 0.29) is 22.6 Å². The summed E-state index contributed by atoms with van der Waals surface area (Å²) in [5, 5.41) is 0. The first kappa shape index (κ1) is 16.4. The van der Waals surface area contributed by atoms with E-state index in [1.54, 1.807) is 11.0 Å². The monoisotopic (exact) mass is 282 g/mol. The van der Waals surface area contributed by atoms with E-state index in [1.165, 1.54) is 19.2 Å². The molecule has 0 bridgehead atoms. The number of halogens is 1. The summed E-state index contributed by atoms with van der Waals surface area (Å²) in [6.07, 6.45) is 0. The fourth-order valence-corrected chi connectivity index (χ4v) is 1.95. The van der Waals surface area contributed by atoms with E-state index < -0.39 is 5.82 Å². The minimum atomic E-state index is -0.571. The van der Waals surface area contributed by atoms with Crippen LogP contribution in [0.4, 0.5) is 4.39 Å². The van der Waals surface area contributed by atoms with E-state index in [0.717, 1.165) is 0 Å². The highest BCUT2D eigenvalue weighted by molar-refractivity contribution is 5.97. The van der Waals surface area contributed by atoms with Gasteiger partial charge in [-0.25, -0.2) is 4.39 Å². The number of amides is 1. The first-order chi connectivity index (χ1) is 9.36. The molecule has 0 atom stereocenters. The van der Waals surface area contributed by atoms with Gasteiger partial charge >= 0.3 is 0 Å². The van der Waals surface area contributed by atoms with Crippen LogP contribution in [-0.2, 0) is 0 Å². The molecule has 1 aromatic carbocycles. The Bertz CT molecular complexity index is 475. The van der Waals surface area contributed by atoms with Crippen molar-refractivity contribution in [3.05, 3.63) is 29.6 Å². The molecule has 0 saturated carbocycles. The van der Waals surface area contributed by atoms with Crippen LogP contribution in [0.25, 0.3) is 0 Å². The van der Waals surface area contributed by atoms with Crippen LogP contribution in [0.5, 0.6) is 5.75 Å². The number of hydrogen-bond donors (Lipinski definition) is 1. The molecule has 112 valence electrons. The van der Waals surface area contributed by atoms with Gasteiger partial charge in [0.2, 0.25) is 0 Å². The predicted molar refractivity (Wildman–Crippen MR) is 77.4 cm³/mol. The number of hydrogen-bond acceptors (Lipinski definition) is 3. The standard InChI is InChI=1S/C15H23FN2O2/c1-5-18(10-15(2,3)9-17)14(19)13-11(16)7-6-8-12(13)20-4/h6-8H,5,9-10,17H2,1-4H3. The number of benzene rings is 1. The van der Waals surface area contributed by atoms with E-state index in [0.29, 0.717) is 19.6 Å². The Morgan fingerprint density at radius 2 is 2.10 bits per heavy atom. The average molecular weight is 282 g/mol. The second kappa shape index (κ2) is 6.70. The molecule has 0 aromatic heterocycles. The molecule has 5 heteroatoms. The van der Waals surface area contributed by atoms with E-state index in [2.05, 4.69) is 0 Å². The van der Waals surface area contributed by atoms with Gasteiger partial charge in [-0.3, -0.25) is 4.79 Å². The van der Waals surface area contributed by atoms with Crippen molar-refractivity contribution in [2.45, 2.75) is 20.8 Å². The third-order valence-corrected chi connectivity index (χ3v) is 3.25. The second-order valence-corrected chi connectivity index (χ2v) is 5.50. The summed E-state index contributed by atoms with van der Waals surface area (Å²) in [7, 11) is 1.42. The van der Waals surface area contributed by atoms with Gasteiger partial charge in [0.1, 0.15) is 17.1 Å². The number of methoxy groups -OCH3 is 1. The lowest BCUT2D eigenvalue weighted by atomic mass is 9.92. The number of nitrogens with zero attached hydrogens (tertiary/aromatic N) is 1. The molecule has 0 fully saturated rings. The van der Waals surface area contributed by atoms with Crippen LogP contribution in [0.3, 0.4) is 0 Å². The van der Waals surface area contributed by atoms with E-state index in [9.17, 15) is 9.18 Å². The summed E-state index contributed by atoms with van der Waals surface area (Å²) in [6.45, 7) is 7.21. The fourth-order valence-electron chi connectivity index (χ4n) is 1.95. The van der Waals surface area contributed by atoms with E-state index in [4.69, 9.17) is 10.5 Å². The third-order valence-electron chi connectivity index (χ3n) is 3.25. The summed E-state index contributed by atoms with van der Waals surface area (Å²) in [5.41, 5.74) is 5.46. The van der Waals surface area contributed by atoms with Gasteiger partial charge in [0.05, 0.1) is 7.11 Å². The molecule has 0 aliphatic heterocycles. The van der Waals surface area contributed by atoms with Crippen molar-refractivity contribution in [3.8, 4) is 5.75 Å². The maximum Gasteiger partial charge on any atom is 0.260 e. The lowest BCUT2D eigenvalue weighted by Gasteiger charge is -2.31. The summed E-state index contributed by atoms with van der Waals surface area (Å²) >= 11 is 0. The van der Waals surface area contributed by atoms with Crippen LogP contribution in [0.15, 0.2) is 18.2 Å². The Kier molecular flexibility index (Phi) is 5.51. The Morgan fingerprint density at radius 1 is 1.45 bits per heavy atom. The number of nitrogens with two attached hydrogens (primary N) is 1. The molecule has 20 heavy (non-hydrogen) atoms. The molecule has 0 aliphatic carbocycles. The van der Waals surface area contributed by atoms with Crippen molar-refractivity contribution in [2.24, 2.45) is 11.1 Å². The zero-order chi connectivity index (χ0) is 15.3. The summed E-state index contributed by atoms with van der Waals surface area (Å²) < 4.78 is 19.0. The molecule has 1 amide bonds. The predicted octanol–water partition coefficient (Wildman–Crippen LogP) is 2.28. The van der Waals surface area contributed by atoms with Gasteiger partial charge in [0.15, 0.2) is 0 Å². The lowest BCUT2D eigenvalue weighted by Crippen LogP contribution is -2.42. The SMILES string of the molecule is CCN(CC(C)(C)CN)C(=O)c1c(F)cccc1OC. The summed E-state index contributed by atoms with van der Waals surface area (Å²) in [6, 6.07) is 4.36. The smallest absolute Gasteiger partial charge is 0.260 e. The number of carbonyl (C=O) groups excluding carboxylic acids is 1. The molecular formula is C15H23FN2O2. The van der Waals surface area contributed by atoms with Gasteiger partial charge in [-0.15, -0.1) is 0 Å². The molecule has 1 rings (SSSR count). The van der Waals surface area contributed by atoms with Gasteiger partial charge in [-0.1, -0.05) is 19.9 Å². The maximum atomic E-state index is 13.9. The van der Waals surface area contributed by atoms with Crippen molar-refractivity contribution in [2.75, 3.05) is 26.7 Å². The van der Waals surface area contributed by atoms with Gasteiger partial charge in [-0.2, -0.15) is 0 Å². The average Bonchev–Trinajstić information content (AvgIpc) is 2.43. The molecule has 0 heterocycles. The minimum absolute atomic E-state index is 0.0235. The van der Waals surface area contributed by atoms with Crippen molar-refractivity contribution in [1.82, 2.24) is 4.90 Å². The van der Waals surface area contributed by atoms with Gasteiger partial charge < -0.3 is 15.4 Å². The largest absolute Gasteiger partial charge is 0.496 e. The molecule has 4 nitrogen and oxygen atoms in total. The Morgan fingerprint density at radius 3 is 2.60 bits per heavy atom. The molecule has 0 saturated heterocycles. The maximum absolute atomic E-state index is 13.9. The topological polar surface area (TPSA) is 55.6 Å². The molecule has 1 aromatic rings. The Balaban J connectivity index is 3.09. The third kappa shape index (κ3) is 3.70. The number of carbonyl (C=O) groups is 1. The molecule has 0 spiro atoms. The van der Waals surface area contributed by atoms with Crippen LogP contribution >= 0.6 is 0 Å². The van der Waals surface area contributed by atoms with Gasteiger partial charge in [-0.05, 0) is 31.0 Å². The van der Waals surface area contributed by atoms with E-state index >= 15 is 0 Å². The lowest BCUT2D eigenvalue weighted by molar-refractivity contribution is 0.0692. The molecule has 0 radical (unpaired) electrons. The Hall–Kier alpha value is -1.62. The molecule has 0 aliphatic rings. The quantitative estimate of drug-likeness (QED) is 0.871. The highest BCUT2D eigenvalue weighted by atomic mass is 19.1. The van der Waals surface area contributed by atoms with Crippen LogP contribution < -0.4 is 10.5 Å². The van der Waals surface area contributed by atoms with Gasteiger partial charge in [0.25, 0.3) is 5.91 Å². The van der Waals surface area contributed by atoms with Crippen molar-refractivity contribution < 1.29 is 13.9 Å². The van der Waals surface area contributed by atoms with Crippen molar-refractivity contribution in [1.29, 1.82) is 0 Å². The highest BCUT2D eigenvalue weighted by Gasteiger charge is 2.27. The first-order valence-corrected chi connectivity index (χ1v) is 6.68. The van der Waals surface area contributed by atoms with Crippen LogP contribution in [-0.4, -0.2) is 37.6 Å². The zero-order valence-electron chi connectivity index (χ0n) is 12.6. The Labute approximate surface area is 119 Å². The van der Waals surface area contributed by atoms with Crippen LogP contribution in [0.1, 0.15) is 31.1 Å². The summed E-state index contributed by atoms with van der Waals surface area (Å²) in [5.74, 6) is -0.693. The number of ether oxygens (including phenoxy) is 1. The normalized spacial score (nSPS) is 11.3. The van der Waals surface area contributed by atoms with Crippen LogP contribution in [0, 0.1) is 11.2 Å². The van der Waals surface area contributed by atoms with Gasteiger partial charge in [0, 0.05) is 13.1 Å². The zero-order valence-corrected chi connectivity index (χ0v) is 12.6. The van der Waals surface area contributed by atoms with E-state index in [1.807, 2.05) is 20.8 Å². The molecular weight excluding hydrogens is 259 g/mol. The minimum Gasteiger partial charge on any atom is -0.496 e. The first-order valence-electron chi connectivity index (χ1n) is 6.68. The second-order valence-electron chi connectivity index (χ2n) is 5.50.